The molecule has 1 amide bonds. The van der Waals surface area contributed by atoms with Gasteiger partial charge in [-0.3, -0.25) is 4.79 Å². The summed E-state index contributed by atoms with van der Waals surface area (Å²) in [7, 11) is 0. The molecule has 0 bridgehead atoms. The molecule has 3 nitrogen and oxygen atoms in total. The van der Waals surface area contributed by atoms with Crippen molar-refractivity contribution in [2.24, 2.45) is 0 Å². The maximum Gasteiger partial charge on any atom is 0.256 e. The highest BCUT2D eigenvalue weighted by molar-refractivity contribution is 9.10. The van der Waals surface area contributed by atoms with Crippen LogP contribution in [0.15, 0.2) is 47.1 Å². The standard InChI is InChI=1S/C13H11BrN2O/c1-9-2-4-10(5-3-9)13(17)16-12-7-6-11(14)8-15-12/h2-8H,1H3,(H,15,16,17). The minimum atomic E-state index is -0.153. The molecule has 0 spiro atoms. The molecule has 0 saturated heterocycles. The SMILES string of the molecule is Cc1ccc(C(=O)Nc2ccc(Br)cn2)cc1. The summed E-state index contributed by atoms with van der Waals surface area (Å²) in [5.41, 5.74) is 1.75. The monoisotopic (exact) mass is 290 g/mol. The minimum absolute atomic E-state index is 0.153. The van der Waals surface area contributed by atoms with Crippen LogP contribution in [0.2, 0.25) is 0 Å². The minimum Gasteiger partial charge on any atom is -0.307 e. The normalized spacial score (nSPS) is 10.0. The fourth-order valence-corrected chi connectivity index (χ4v) is 1.58. The average molecular weight is 291 g/mol. The summed E-state index contributed by atoms with van der Waals surface area (Å²) in [6.45, 7) is 1.98. The van der Waals surface area contributed by atoms with Gasteiger partial charge in [0.05, 0.1) is 0 Å². The predicted octanol–water partition coefficient (Wildman–Crippen LogP) is 3.40. The van der Waals surface area contributed by atoms with E-state index in [0.29, 0.717) is 11.4 Å². The van der Waals surface area contributed by atoms with Crippen molar-refractivity contribution < 1.29 is 4.79 Å². The van der Waals surface area contributed by atoms with Crippen LogP contribution in [0.3, 0.4) is 0 Å². The molecule has 17 heavy (non-hydrogen) atoms. The van der Waals surface area contributed by atoms with Crippen molar-refractivity contribution in [1.82, 2.24) is 4.98 Å². The quantitative estimate of drug-likeness (QED) is 0.921. The number of nitrogens with one attached hydrogen (secondary N) is 1. The molecule has 2 aromatic rings. The molecule has 2 rings (SSSR count). The Morgan fingerprint density at radius 2 is 1.88 bits per heavy atom. The second-order valence-corrected chi connectivity index (χ2v) is 4.60. The van der Waals surface area contributed by atoms with Gasteiger partial charge in [-0.15, -0.1) is 0 Å². The molecule has 0 aliphatic rings. The molecule has 1 aromatic heterocycles. The van der Waals surface area contributed by atoms with Crippen LogP contribution < -0.4 is 5.32 Å². The third-order valence-electron chi connectivity index (χ3n) is 2.28. The van der Waals surface area contributed by atoms with Gasteiger partial charge in [-0.2, -0.15) is 0 Å². The molecule has 4 heteroatoms. The lowest BCUT2D eigenvalue weighted by Gasteiger charge is -2.04. The van der Waals surface area contributed by atoms with E-state index in [1.807, 2.05) is 25.1 Å². The molecular weight excluding hydrogens is 280 g/mol. The van der Waals surface area contributed by atoms with Crippen LogP contribution in [0.4, 0.5) is 5.82 Å². The van der Waals surface area contributed by atoms with E-state index >= 15 is 0 Å². The zero-order chi connectivity index (χ0) is 12.3. The summed E-state index contributed by atoms with van der Waals surface area (Å²) in [6, 6.07) is 11.0. The number of benzene rings is 1. The Labute approximate surface area is 108 Å². The molecule has 1 N–H and O–H groups in total. The van der Waals surface area contributed by atoms with Crippen LogP contribution in [0.25, 0.3) is 0 Å². The van der Waals surface area contributed by atoms with Gasteiger partial charge in [-0.05, 0) is 47.1 Å². The highest BCUT2D eigenvalue weighted by Gasteiger charge is 2.05. The van der Waals surface area contributed by atoms with E-state index < -0.39 is 0 Å². The maximum absolute atomic E-state index is 11.8. The Kier molecular flexibility index (Phi) is 3.54. The second-order valence-electron chi connectivity index (χ2n) is 3.68. The van der Waals surface area contributed by atoms with Gasteiger partial charge < -0.3 is 5.32 Å². The second kappa shape index (κ2) is 5.10. The van der Waals surface area contributed by atoms with Crippen molar-refractivity contribution in [3.8, 4) is 0 Å². The lowest BCUT2D eigenvalue weighted by Crippen LogP contribution is -2.12. The van der Waals surface area contributed by atoms with E-state index in [4.69, 9.17) is 0 Å². The molecule has 0 aliphatic heterocycles. The molecule has 0 radical (unpaired) electrons. The van der Waals surface area contributed by atoms with Crippen LogP contribution >= 0.6 is 15.9 Å². The summed E-state index contributed by atoms with van der Waals surface area (Å²) in [5, 5.41) is 2.73. The van der Waals surface area contributed by atoms with Crippen LogP contribution in [0, 0.1) is 6.92 Å². The molecule has 0 atom stereocenters. The number of aryl methyl sites for hydroxylation is 1. The highest BCUT2D eigenvalue weighted by atomic mass is 79.9. The third kappa shape index (κ3) is 3.14. The zero-order valence-corrected chi connectivity index (χ0v) is 10.9. The number of hydrogen-bond donors (Lipinski definition) is 1. The molecule has 1 aromatic carbocycles. The van der Waals surface area contributed by atoms with Crippen molar-refractivity contribution in [3.05, 3.63) is 58.2 Å². The highest BCUT2D eigenvalue weighted by Crippen LogP contribution is 2.12. The van der Waals surface area contributed by atoms with Gasteiger partial charge in [0.2, 0.25) is 0 Å². The van der Waals surface area contributed by atoms with Gasteiger partial charge >= 0.3 is 0 Å². The van der Waals surface area contributed by atoms with E-state index in [1.54, 1.807) is 24.4 Å². The number of carbonyl (C=O) groups is 1. The van der Waals surface area contributed by atoms with Crippen molar-refractivity contribution in [1.29, 1.82) is 0 Å². The topological polar surface area (TPSA) is 42.0 Å². The van der Waals surface area contributed by atoms with Crippen molar-refractivity contribution in [2.75, 3.05) is 5.32 Å². The van der Waals surface area contributed by atoms with Crippen molar-refractivity contribution >= 4 is 27.7 Å². The molecular formula is C13H11BrN2O. The number of amides is 1. The number of halogens is 1. The Morgan fingerprint density at radius 1 is 1.18 bits per heavy atom. The first kappa shape index (κ1) is 11.8. The fraction of sp³-hybridized carbons (Fsp3) is 0.0769. The summed E-state index contributed by atoms with van der Waals surface area (Å²) in [6.07, 6.45) is 1.64. The Morgan fingerprint density at radius 3 is 2.47 bits per heavy atom. The first-order valence-electron chi connectivity index (χ1n) is 5.15. The van der Waals surface area contributed by atoms with Crippen LogP contribution in [-0.2, 0) is 0 Å². The van der Waals surface area contributed by atoms with Gasteiger partial charge in [-0.1, -0.05) is 17.7 Å². The van der Waals surface area contributed by atoms with Crippen LogP contribution in [0.1, 0.15) is 15.9 Å². The molecule has 1 heterocycles. The molecule has 0 fully saturated rings. The van der Waals surface area contributed by atoms with Gasteiger partial charge in [0.25, 0.3) is 5.91 Å². The lowest BCUT2D eigenvalue weighted by atomic mass is 10.1. The lowest BCUT2D eigenvalue weighted by molar-refractivity contribution is 0.102. The van der Waals surface area contributed by atoms with E-state index in [-0.39, 0.29) is 5.91 Å². The molecule has 0 aliphatic carbocycles. The summed E-state index contributed by atoms with van der Waals surface area (Å²) in [4.78, 5) is 15.9. The van der Waals surface area contributed by atoms with E-state index in [1.165, 1.54) is 0 Å². The summed E-state index contributed by atoms with van der Waals surface area (Å²) in [5.74, 6) is 0.388. The summed E-state index contributed by atoms with van der Waals surface area (Å²) < 4.78 is 0.880. The third-order valence-corrected chi connectivity index (χ3v) is 2.75. The predicted molar refractivity (Wildman–Crippen MR) is 71.1 cm³/mol. The maximum atomic E-state index is 11.8. The number of hydrogen-bond acceptors (Lipinski definition) is 2. The Balaban J connectivity index is 2.11. The average Bonchev–Trinajstić information content (AvgIpc) is 2.33. The van der Waals surface area contributed by atoms with Crippen LogP contribution in [-0.4, -0.2) is 10.9 Å². The van der Waals surface area contributed by atoms with Crippen LogP contribution in [0.5, 0.6) is 0 Å². The fourth-order valence-electron chi connectivity index (χ4n) is 1.34. The number of pyridine rings is 1. The smallest absolute Gasteiger partial charge is 0.256 e. The van der Waals surface area contributed by atoms with Gasteiger partial charge in [0.1, 0.15) is 5.82 Å². The van der Waals surface area contributed by atoms with Gasteiger partial charge in [0, 0.05) is 16.2 Å². The number of nitrogens with zero attached hydrogens (tertiary/aromatic N) is 1. The van der Waals surface area contributed by atoms with Gasteiger partial charge in [0.15, 0.2) is 0 Å². The first-order valence-corrected chi connectivity index (χ1v) is 5.94. The van der Waals surface area contributed by atoms with Crippen molar-refractivity contribution in [2.45, 2.75) is 6.92 Å². The molecule has 0 unspecified atom stereocenters. The zero-order valence-electron chi connectivity index (χ0n) is 9.27. The Hall–Kier alpha value is -1.68. The van der Waals surface area contributed by atoms with E-state index in [0.717, 1.165) is 10.0 Å². The first-order chi connectivity index (χ1) is 8.15. The number of carbonyl (C=O) groups excluding carboxylic acids is 1. The largest absolute Gasteiger partial charge is 0.307 e. The Bertz CT molecular complexity index is 520. The summed E-state index contributed by atoms with van der Waals surface area (Å²) >= 11 is 3.29. The van der Waals surface area contributed by atoms with E-state index in [9.17, 15) is 4.79 Å². The number of anilines is 1. The van der Waals surface area contributed by atoms with Crippen molar-refractivity contribution in [3.63, 3.8) is 0 Å². The van der Waals surface area contributed by atoms with E-state index in [2.05, 4.69) is 26.2 Å². The molecule has 0 saturated carbocycles. The molecule has 86 valence electrons. The van der Waals surface area contributed by atoms with Gasteiger partial charge in [-0.25, -0.2) is 4.98 Å². The number of aromatic nitrogens is 1. The number of rotatable bonds is 2.